The quantitative estimate of drug-likeness (QED) is 0.618. The highest BCUT2D eigenvalue weighted by Gasteiger charge is 2.48. The van der Waals surface area contributed by atoms with Crippen LogP contribution >= 0.6 is 0 Å². The Bertz CT molecular complexity index is 181. The summed E-state index contributed by atoms with van der Waals surface area (Å²) in [5.41, 5.74) is 0. The molecule has 0 aliphatic carbocycles. The molecule has 14 heavy (non-hydrogen) atoms. The Morgan fingerprint density at radius 1 is 1.29 bits per heavy atom. The molecule has 1 aliphatic rings. The monoisotopic (exact) mass is 211 g/mol. The predicted octanol–water partition coefficient (Wildman–Crippen LogP) is 1.95. The zero-order chi connectivity index (χ0) is 11.4. The molecule has 2 atom stereocenters. The van der Waals surface area contributed by atoms with Gasteiger partial charge in [-0.25, -0.2) is 0 Å². The van der Waals surface area contributed by atoms with E-state index in [2.05, 4.69) is 0 Å². The van der Waals surface area contributed by atoms with Crippen LogP contribution in [0.25, 0.3) is 0 Å². The van der Waals surface area contributed by atoms with Crippen LogP contribution in [0.15, 0.2) is 0 Å². The third-order valence-corrected chi connectivity index (χ3v) is 2.14. The number of likely N-dealkylation sites (tertiary alicyclic amines) is 1. The number of carbonyl (C=O) groups excluding carboxylic acids is 1. The van der Waals surface area contributed by atoms with E-state index >= 15 is 0 Å². The maximum Gasteiger partial charge on any atom is 0.393 e. The number of rotatable bonds is 1. The standard InChI is InChI=1S/C7H10F3NO.C2H6/c1-11-2-5(4-12)6(3-11)7(8,9)10;1-2/h4-6H,2-3H2,1H3;1-2H3. The molecule has 1 heterocycles. The van der Waals surface area contributed by atoms with Crippen LogP contribution in [0.5, 0.6) is 0 Å². The lowest BCUT2D eigenvalue weighted by atomic mass is 9.97. The van der Waals surface area contributed by atoms with Gasteiger partial charge in [-0.2, -0.15) is 13.2 Å². The van der Waals surface area contributed by atoms with Gasteiger partial charge in [0.1, 0.15) is 6.29 Å². The minimum Gasteiger partial charge on any atom is -0.305 e. The molecule has 0 bridgehead atoms. The Morgan fingerprint density at radius 3 is 2.07 bits per heavy atom. The van der Waals surface area contributed by atoms with Crippen LogP contribution in [-0.4, -0.2) is 37.5 Å². The Kier molecular flexibility index (Phi) is 5.12. The topological polar surface area (TPSA) is 20.3 Å². The highest BCUT2D eigenvalue weighted by atomic mass is 19.4. The normalized spacial score (nSPS) is 28.1. The summed E-state index contributed by atoms with van der Waals surface area (Å²) in [6.45, 7) is 4.15. The van der Waals surface area contributed by atoms with Crippen molar-refractivity contribution < 1.29 is 18.0 Å². The predicted molar refractivity (Wildman–Crippen MR) is 47.9 cm³/mol. The average molecular weight is 211 g/mol. The molecule has 0 aromatic carbocycles. The van der Waals surface area contributed by atoms with Gasteiger partial charge in [0.15, 0.2) is 0 Å². The fourth-order valence-corrected chi connectivity index (χ4v) is 1.52. The van der Waals surface area contributed by atoms with Gasteiger partial charge >= 0.3 is 6.18 Å². The second kappa shape index (κ2) is 5.34. The van der Waals surface area contributed by atoms with Crippen LogP contribution in [0.1, 0.15) is 13.8 Å². The zero-order valence-corrected chi connectivity index (χ0v) is 8.64. The van der Waals surface area contributed by atoms with Gasteiger partial charge < -0.3 is 9.69 Å². The van der Waals surface area contributed by atoms with E-state index in [4.69, 9.17) is 0 Å². The van der Waals surface area contributed by atoms with Gasteiger partial charge in [-0.1, -0.05) is 13.8 Å². The van der Waals surface area contributed by atoms with E-state index in [1.54, 1.807) is 7.05 Å². The van der Waals surface area contributed by atoms with Gasteiger partial charge in [0.05, 0.1) is 5.92 Å². The van der Waals surface area contributed by atoms with Gasteiger partial charge in [0, 0.05) is 19.0 Å². The van der Waals surface area contributed by atoms with E-state index in [9.17, 15) is 18.0 Å². The lowest BCUT2D eigenvalue weighted by Gasteiger charge is -2.16. The van der Waals surface area contributed by atoms with E-state index in [0.29, 0.717) is 6.29 Å². The summed E-state index contributed by atoms with van der Waals surface area (Å²) in [6.07, 6.45) is -3.84. The van der Waals surface area contributed by atoms with Gasteiger partial charge in [-0.3, -0.25) is 0 Å². The molecule has 0 amide bonds. The molecule has 0 radical (unpaired) electrons. The Hall–Kier alpha value is -0.580. The molecule has 84 valence electrons. The van der Waals surface area contributed by atoms with Crippen LogP contribution in [0.2, 0.25) is 0 Å². The molecule has 0 saturated carbocycles. The van der Waals surface area contributed by atoms with E-state index in [1.807, 2.05) is 13.8 Å². The lowest BCUT2D eigenvalue weighted by molar-refractivity contribution is -0.180. The summed E-state index contributed by atoms with van der Waals surface area (Å²) in [6, 6.07) is 0. The van der Waals surface area contributed by atoms with Crippen LogP contribution in [-0.2, 0) is 4.79 Å². The third-order valence-electron chi connectivity index (χ3n) is 2.14. The first-order valence-corrected chi connectivity index (χ1v) is 4.65. The summed E-state index contributed by atoms with van der Waals surface area (Å²) in [5, 5.41) is 0. The summed E-state index contributed by atoms with van der Waals surface area (Å²) in [7, 11) is 1.59. The summed E-state index contributed by atoms with van der Waals surface area (Å²) >= 11 is 0. The fraction of sp³-hybridized carbons (Fsp3) is 0.889. The smallest absolute Gasteiger partial charge is 0.305 e. The van der Waals surface area contributed by atoms with Gasteiger partial charge in [0.25, 0.3) is 0 Å². The molecule has 1 rings (SSSR count). The largest absolute Gasteiger partial charge is 0.393 e. The maximum atomic E-state index is 12.2. The fourth-order valence-electron chi connectivity index (χ4n) is 1.52. The second-order valence-corrected chi connectivity index (χ2v) is 3.17. The Labute approximate surface area is 82.1 Å². The molecule has 0 N–H and O–H groups in total. The van der Waals surface area contributed by atoms with Crippen molar-refractivity contribution in [1.29, 1.82) is 0 Å². The number of aldehydes is 1. The second-order valence-electron chi connectivity index (χ2n) is 3.17. The first kappa shape index (κ1) is 13.4. The van der Waals surface area contributed by atoms with Gasteiger partial charge in [-0.05, 0) is 7.05 Å². The summed E-state index contributed by atoms with van der Waals surface area (Å²) in [4.78, 5) is 11.8. The number of halogens is 3. The minimum atomic E-state index is -4.24. The molecule has 1 fully saturated rings. The first-order chi connectivity index (χ1) is 6.45. The highest BCUT2D eigenvalue weighted by Crippen LogP contribution is 2.35. The average Bonchev–Trinajstić information content (AvgIpc) is 2.49. The Morgan fingerprint density at radius 2 is 1.79 bits per heavy atom. The minimum absolute atomic E-state index is 0.0626. The van der Waals surface area contributed by atoms with Crippen molar-refractivity contribution in [2.45, 2.75) is 20.0 Å². The van der Waals surface area contributed by atoms with Crippen molar-refractivity contribution in [2.75, 3.05) is 20.1 Å². The highest BCUT2D eigenvalue weighted by molar-refractivity contribution is 5.55. The van der Waals surface area contributed by atoms with E-state index in [0.717, 1.165) is 0 Å². The van der Waals surface area contributed by atoms with Gasteiger partial charge in [-0.15, -0.1) is 0 Å². The van der Waals surface area contributed by atoms with Crippen molar-refractivity contribution in [3.05, 3.63) is 0 Å². The maximum absolute atomic E-state index is 12.2. The SMILES string of the molecule is CC.CN1CC(C=O)C(C(F)(F)F)C1. The molecule has 1 aliphatic heterocycles. The molecular weight excluding hydrogens is 195 g/mol. The van der Waals surface area contributed by atoms with Crippen molar-refractivity contribution in [1.82, 2.24) is 4.90 Å². The first-order valence-electron chi connectivity index (χ1n) is 4.65. The number of hydrogen-bond donors (Lipinski definition) is 0. The van der Waals surface area contributed by atoms with Crippen molar-refractivity contribution in [3.63, 3.8) is 0 Å². The van der Waals surface area contributed by atoms with E-state index in [-0.39, 0.29) is 13.1 Å². The van der Waals surface area contributed by atoms with Gasteiger partial charge in [0.2, 0.25) is 0 Å². The van der Waals surface area contributed by atoms with Crippen LogP contribution < -0.4 is 0 Å². The molecule has 0 aromatic heterocycles. The van der Waals surface area contributed by atoms with Crippen molar-refractivity contribution >= 4 is 6.29 Å². The molecule has 2 nitrogen and oxygen atoms in total. The van der Waals surface area contributed by atoms with E-state index in [1.165, 1.54) is 4.90 Å². The molecule has 2 unspecified atom stereocenters. The van der Waals surface area contributed by atoms with Crippen molar-refractivity contribution in [2.24, 2.45) is 11.8 Å². The molecule has 0 spiro atoms. The molecule has 0 aromatic rings. The summed E-state index contributed by atoms with van der Waals surface area (Å²) < 4.78 is 36.6. The molecule has 5 heteroatoms. The number of alkyl halides is 3. The van der Waals surface area contributed by atoms with Crippen LogP contribution in [0.4, 0.5) is 13.2 Å². The van der Waals surface area contributed by atoms with Crippen LogP contribution in [0.3, 0.4) is 0 Å². The van der Waals surface area contributed by atoms with Crippen LogP contribution in [0, 0.1) is 11.8 Å². The van der Waals surface area contributed by atoms with E-state index < -0.39 is 18.0 Å². The number of hydrogen-bond acceptors (Lipinski definition) is 2. The molecule has 1 saturated heterocycles. The molecular formula is C9H16F3NO. The number of carbonyl (C=O) groups is 1. The lowest BCUT2D eigenvalue weighted by Crippen LogP contribution is -2.30. The van der Waals surface area contributed by atoms with Crippen molar-refractivity contribution in [3.8, 4) is 0 Å². The number of nitrogens with zero attached hydrogens (tertiary/aromatic N) is 1. The Balaban J connectivity index is 0.000000791. The third kappa shape index (κ3) is 3.29. The summed E-state index contributed by atoms with van der Waals surface area (Å²) in [5.74, 6) is -2.35. The zero-order valence-electron chi connectivity index (χ0n) is 8.64.